The maximum absolute atomic E-state index is 13.6. The molecule has 2 heterocycles. The summed E-state index contributed by atoms with van der Waals surface area (Å²) in [6.45, 7) is 0. The van der Waals surface area contributed by atoms with E-state index in [1.54, 1.807) is 0 Å². The van der Waals surface area contributed by atoms with Gasteiger partial charge in [0.05, 0.1) is 11.0 Å². The molecule has 2 nitrogen and oxygen atoms in total. The van der Waals surface area contributed by atoms with Crippen molar-refractivity contribution in [2.75, 3.05) is 0 Å². The molecule has 0 amide bonds. The Morgan fingerprint density at radius 2 is 0.970 bits per heavy atom. The van der Waals surface area contributed by atoms with Crippen molar-refractivity contribution in [3.63, 3.8) is 0 Å². The third-order valence-electron chi connectivity index (χ3n) is 6.73. The topological polar surface area (TPSA) is 21.5 Å². The van der Waals surface area contributed by atoms with Crippen molar-refractivity contribution in [2.24, 2.45) is 0 Å². The minimum absolute atomic E-state index is 0.0398. The molecule has 0 fully saturated rings. The van der Waals surface area contributed by atoms with Crippen LogP contribution in [0.4, 0.5) is 0 Å². The zero-order chi connectivity index (χ0) is 21.9. The molecule has 5 aromatic carbocycles. The van der Waals surface area contributed by atoms with Gasteiger partial charge in [0, 0.05) is 21.5 Å². The standard InChI is InChI=1S/C31H19NO/c33-31-25-14-8-7-13-24(25)27-18-23(21-11-5-2-6-12-21)19-28-26-17-22(20-9-3-1-4-10-20)15-16-29(26)32(31)30(27)28/h1-19H. The van der Waals surface area contributed by atoms with Crippen LogP contribution in [0.25, 0.3) is 60.2 Å². The molecule has 2 heteroatoms. The highest BCUT2D eigenvalue weighted by atomic mass is 16.1. The molecule has 0 saturated heterocycles. The predicted molar refractivity (Wildman–Crippen MR) is 138 cm³/mol. The van der Waals surface area contributed by atoms with Gasteiger partial charge in [-0.15, -0.1) is 0 Å². The first kappa shape index (κ1) is 18.2. The van der Waals surface area contributed by atoms with Crippen molar-refractivity contribution < 1.29 is 0 Å². The van der Waals surface area contributed by atoms with Gasteiger partial charge in [-0.3, -0.25) is 9.20 Å². The van der Waals surface area contributed by atoms with Crippen LogP contribution in [0.5, 0.6) is 0 Å². The van der Waals surface area contributed by atoms with Gasteiger partial charge in [0.1, 0.15) is 0 Å². The highest BCUT2D eigenvalue weighted by molar-refractivity contribution is 6.22. The molecule has 0 radical (unpaired) electrons. The van der Waals surface area contributed by atoms with Gasteiger partial charge in [0.15, 0.2) is 0 Å². The van der Waals surface area contributed by atoms with Gasteiger partial charge in [-0.1, -0.05) is 84.9 Å². The predicted octanol–water partition coefficient (Wildman–Crippen LogP) is 7.53. The van der Waals surface area contributed by atoms with Crippen LogP contribution in [-0.4, -0.2) is 4.40 Å². The highest BCUT2D eigenvalue weighted by Gasteiger charge is 2.18. The lowest BCUT2D eigenvalue weighted by atomic mass is 9.97. The van der Waals surface area contributed by atoms with E-state index in [-0.39, 0.29) is 5.56 Å². The van der Waals surface area contributed by atoms with E-state index in [4.69, 9.17) is 0 Å². The second-order valence-corrected chi connectivity index (χ2v) is 8.57. The summed E-state index contributed by atoms with van der Waals surface area (Å²) in [7, 11) is 0. The Bertz CT molecular complexity index is 1870. The summed E-state index contributed by atoms with van der Waals surface area (Å²) in [6.07, 6.45) is 0. The maximum Gasteiger partial charge on any atom is 0.263 e. The van der Waals surface area contributed by atoms with Crippen molar-refractivity contribution in [1.82, 2.24) is 4.40 Å². The third-order valence-corrected chi connectivity index (χ3v) is 6.73. The molecule has 7 aromatic rings. The molecular weight excluding hydrogens is 402 g/mol. The van der Waals surface area contributed by atoms with E-state index < -0.39 is 0 Å². The van der Waals surface area contributed by atoms with Crippen molar-refractivity contribution in [1.29, 1.82) is 0 Å². The SMILES string of the molecule is O=c1c2ccccc2c2cc(-c3ccccc3)cc3c4cc(-c5ccccc5)ccc4n1c23. The van der Waals surface area contributed by atoms with E-state index in [2.05, 4.69) is 84.9 Å². The minimum atomic E-state index is 0.0398. The zero-order valence-electron chi connectivity index (χ0n) is 17.8. The van der Waals surface area contributed by atoms with Gasteiger partial charge in [-0.2, -0.15) is 0 Å². The average Bonchev–Trinajstić information content (AvgIpc) is 3.22. The molecule has 0 aliphatic heterocycles. The molecule has 0 unspecified atom stereocenters. The zero-order valence-corrected chi connectivity index (χ0v) is 17.8. The Morgan fingerprint density at radius 3 is 1.67 bits per heavy atom. The summed E-state index contributed by atoms with van der Waals surface area (Å²) in [5.74, 6) is 0. The van der Waals surface area contributed by atoms with Crippen molar-refractivity contribution >= 4 is 38.0 Å². The Morgan fingerprint density at radius 1 is 0.424 bits per heavy atom. The first-order valence-electron chi connectivity index (χ1n) is 11.2. The molecule has 2 aromatic heterocycles. The minimum Gasteiger partial charge on any atom is -0.275 e. The molecule has 0 aliphatic carbocycles. The number of pyridine rings is 1. The number of hydrogen-bond donors (Lipinski definition) is 0. The molecule has 0 saturated carbocycles. The van der Waals surface area contributed by atoms with Crippen LogP contribution >= 0.6 is 0 Å². The van der Waals surface area contributed by atoms with Gasteiger partial charge in [0.25, 0.3) is 5.56 Å². The van der Waals surface area contributed by atoms with E-state index in [0.717, 1.165) is 49.1 Å². The highest BCUT2D eigenvalue weighted by Crippen LogP contribution is 2.39. The number of rotatable bonds is 2. The Labute approximate surface area is 190 Å². The largest absolute Gasteiger partial charge is 0.275 e. The van der Waals surface area contributed by atoms with Crippen molar-refractivity contribution in [3.05, 3.63) is 126 Å². The maximum atomic E-state index is 13.6. The lowest BCUT2D eigenvalue weighted by Gasteiger charge is -2.09. The van der Waals surface area contributed by atoms with E-state index in [9.17, 15) is 4.79 Å². The molecule has 154 valence electrons. The normalized spacial score (nSPS) is 11.8. The van der Waals surface area contributed by atoms with Gasteiger partial charge < -0.3 is 0 Å². The fraction of sp³-hybridized carbons (Fsp3) is 0. The molecular formula is C31H19NO. The summed E-state index contributed by atoms with van der Waals surface area (Å²) < 4.78 is 1.91. The second-order valence-electron chi connectivity index (χ2n) is 8.57. The van der Waals surface area contributed by atoms with E-state index >= 15 is 0 Å². The summed E-state index contributed by atoms with van der Waals surface area (Å²) in [5, 5.41) is 5.08. The average molecular weight is 421 g/mol. The molecule has 0 aliphatic rings. The molecule has 33 heavy (non-hydrogen) atoms. The number of aromatic nitrogens is 1. The van der Waals surface area contributed by atoms with E-state index in [0.29, 0.717) is 0 Å². The van der Waals surface area contributed by atoms with Gasteiger partial charge >= 0.3 is 0 Å². The lowest BCUT2D eigenvalue weighted by molar-refractivity contribution is 1.21. The first-order chi connectivity index (χ1) is 16.3. The van der Waals surface area contributed by atoms with Crippen LogP contribution < -0.4 is 5.56 Å². The van der Waals surface area contributed by atoms with E-state index in [1.165, 1.54) is 11.1 Å². The van der Waals surface area contributed by atoms with E-state index in [1.807, 2.05) is 34.7 Å². The first-order valence-corrected chi connectivity index (χ1v) is 11.2. The third kappa shape index (κ3) is 2.58. The number of hydrogen-bond acceptors (Lipinski definition) is 1. The van der Waals surface area contributed by atoms with Crippen molar-refractivity contribution in [3.8, 4) is 22.3 Å². The Balaban J connectivity index is 1.71. The fourth-order valence-electron chi connectivity index (χ4n) is 5.20. The molecule has 7 rings (SSSR count). The van der Waals surface area contributed by atoms with Crippen LogP contribution in [0.2, 0.25) is 0 Å². The van der Waals surface area contributed by atoms with Gasteiger partial charge in [0.2, 0.25) is 0 Å². The lowest BCUT2D eigenvalue weighted by Crippen LogP contribution is -2.12. The summed E-state index contributed by atoms with van der Waals surface area (Å²) in [4.78, 5) is 13.6. The van der Waals surface area contributed by atoms with Crippen LogP contribution in [0.3, 0.4) is 0 Å². The monoisotopic (exact) mass is 421 g/mol. The number of benzene rings is 5. The molecule has 0 N–H and O–H groups in total. The second kappa shape index (κ2) is 6.78. The van der Waals surface area contributed by atoms with Crippen molar-refractivity contribution in [2.45, 2.75) is 0 Å². The van der Waals surface area contributed by atoms with Gasteiger partial charge in [-0.05, 0) is 58.0 Å². The van der Waals surface area contributed by atoms with Crippen LogP contribution in [0.1, 0.15) is 0 Å². The van der Waals surface area contributed by atoms with Crippen LogP contribution in [-0.2, 0) is 0 Å². The summed E-state index contributed by atoms with van der Waals surface area (Å²) in [5.41, 5.74) is 6.64. The summed E-state index contributed by atoms with van der Waals surface area (Å²) in [6, 6.07) is 39.7. The molecule has 0 atom stereocenters. The quantitative estimate of drug-likeness (QED) is 0.264. The Hall–Kier alpha value is -4.43. The number of nitrogens with zero attached hydrogens (tertiary/aromatic N) is 1. The molecule has 0 spiro atoms. The Kier molecular flexibility index (Phi) is 3.73. The van der Waals surface area contributed by atoms with Gasteiger partial charge in [-0.25, -0.2) is 0 Å². The van der Waals surface area contributed by atoms with Crippen LogP contribution in [0.15, 0.2) is 120 Å². The number of fused-ring (bicyclic) bond motifs is 5. The van der Waals surface area contributed by atoms with Crippen LogP contribution in [0, 0.1) is 0 Å². The fourth-order valence-corrected chi connectivity index (χ4v) is 5.20. The summed E-state index contributed by atoms with van der Waals surface area (Å²) >= 11 is 0. The molecule has 0 bridgehead atoms. The smallest absolute Gasteiger partial charge is 0.263 e.